The number of benzene rings is 1. The van der Waals surface area contributed by atoms with E-state index in [0.29, 0.717) is 23.4 Å². The first kappa shape index (κ1) is 24.4. The van der Waals surface area contributed by atoms with Gasteiger partial charge in [-0.15, -0.1) is 0 Å². The van der Waals surface area contributed by atoms with Crippen molar-refractivity contribution < 1.29 is 17.9 Å². The monoisotopic (exact) mass is 488 g/mol. The molecule has 2 aliphatic rings. The fourth-order valence-electron chi connectivity index (χ4n) is 4.72. The number of amides is 1. The van der Waals surface area contributed by atoms with E-state index in [2.05, 4.69) is 5.10 Å². The molecule has 1 aromatic carbocycles. The molecule has 1 amide bonds. The van der Waals surface area contributed by atoms with Crippen LogP contribution in [0, 0.1) is 6.92 Å². The summed E-state index contributed by atoms with van der Waals surface area (Å²) in [5.74, 6) is 0. The number of rotatable bonds is 5. The summed E-state index contributed by atoms with van der Waals surface area (Å²) in [6.07, 6.45) is 3.04. The highest BCUT2D eigenvalue weighted by Gasteiger charge is 2.32. The van der Waals surface area contributed by atoms with E-state index in [1.54, 1.807) is 26.0 Å². The molecule has 0 unspecified atom stereocenters. The highest BCUT2D eigenvalue weighted by atomic mass is 32.2. The van der Waals surface area contributed by atoms with Crippen LogP contribution in [0.2, 0.25) is 0 Å². The van der Waals surface area contributed by atoms with Gasteiger partial charge in [0.05, 0.1) is 17.2 Å². The van der Waals surface area contributed by atoms with Crippen molar-refractivity contribution in [2.75, 3.05) is 32.8 Å². The molecule has 184 valence electrons. The van der Waals surface area contributed by atoms with Crippen LogP contribution in [0.15, 0.2) is 27.9 Å². The second-order valence-corrected chi connectivity index (χ2v) is 10.6. The van der Waals surface area contributed by atoms with Crippen molar-refractivity contribution in [3.63, 3.8) is 0 Å². The van der Waals surface area contributed by atoms with E-state index < -0.39 is 16.1 Å². The Morgan fingerprint density at radius 1 is 1.06 bits per heavy atom. The van der Waals surface area contributed by atoms with Crippen molar-refractivity contribution >= 4 is 16.1 Å². The number of aryl methyl sites for hydroxylation is 2. The van der Waals surface area contributed by atoms with Gasteiger partial charge in [-0.1, -0.05) is 12.1 Å². The van der Waals surface area contributed by atoms with Crippen molar-refractivity contribution in [2.45, 2.75) is 57.9 Å². The lowest BCUT2D eigenvalue weighted by Crippen LogP contribution is -2.50. The smallest absolute Gasteiger partial charge is 0.409 e. The van der Waals surface area contributed by atoms with Gasteiger partial charge in [0.2, 0.25) is 10.0 Å². The van der Waals surface area contributed by atoms with E-state index in [1.165, 1.54) is 13.9 Å². The molecule has 1 aliphatic carbocycles. The SMILES string of the molecule is CCOC(=O)N1CCN(S(=O)(=O)c2cc(-c3nn(CC)c(=O)c4c3CCCC4)ccc2C)CC1. The summed E-state index contributed by atoms with van der Waals surface area (Å²) < 4.78 is 35.1. The molecule has 0 radical (unpaired) electrons. The van der Waals surface area contributed by atoms with Crippen LogP contribution in [-0.4, -0.2) is 66.3 Å². The zero-order chi connectivity index (χ0) is 24.5. The number of ether oxygens (including phenoxy) is 1. The molecular formula is C24H32N4O5S. The maximum atomic E-state index is 13.6. The number of nitrogens with zero attached hydrogens (tertiary/aromatic N) is 4. The van der Waals surface area contributed by atoms with E-state index in [-0.39, 0.29) is 43.2 Å². The molecule has 2 heterocycles. The Kier molecular flexibility index (Phi) is 7.09. The van der Waals surface area contributed by atoms with Gasteiger partial charge in [0, 0.05) is 43.9 Å². The average Bonchev–Trinajstić information content (AvgIpc) is 2.85. The number of piperazine rings is 1. The highest BCUT2D eigenvalue weighted by molar-refractivity contribution is 7.89. The Balaban J connectivity index is 1.69. The molecule has 0 bridgehead atoms. The lowest BCUT2D eigenvalue weighted by Gasteiger charge is -2.33. The van der Waals surface area contributed by atoms with Crippen molar-refractivity contribution in [1.29, 1.82) is 0 Å². The fraction of sp³-hybridized carbons (Fsp3) is 0.542. The van der Waals surface area contributed by atoms with Gasteiger partial charge < -0.3 is 9.64 Å². The van der Waals surface area contributed by atoms with Gasteiger partial charge in [-0.05, 0) is 63.6 Å². The van der Waals surface area contributed by atoms with Gasteiger partial charge in [-0.25, -0.2) is 17.9 Å². The third-order valence-electron chi connectivity index (χ3n) is 6.61. The van der Waals surface area contributed by atoms with Crippen molar-refractivity contribution in [3.8, 4) is 11.3 Å². The van der Waals surface area contributed by atoms with Crippen LogP contribution in [0.4, 0.5) is 4.79 Å². The average molecular weight is 489 g/mol. The number of carbonyl (C=O) groups is 1. The lowest BCUT2D eigenvalue weighted by molar-refractivity contribution is 0.0934. The van der Waals surface area contributed by atoms with Crippen molar-refractivity contribution in [1.82, 2.24) is 19.0 Å². The zero-order valence-electron chi connectivity index (χ0n) is 20.0. The third kappa shape index (κ3) is 4.48. The Bertz CT molecular complexity index is 1250. The van der Waals surface area contributed by atoms with E-state index in [0.717, 1.165) is 36.8 Å². The first-order valence-electron chi connectivity index (χ1n) is 11.9. The minimum absolute atomic E-state index is 0.0413. The first-order valence-corrected chi connectivity index (χ1v) is 13.4. The first-order chi connectivity index (χ1) is 16.3. The molecule has 1 saturated heterocycles. The van der Waals surface area contributed by atoms with E-state index in [9.17, 15) is 18.0 Å². The molecule has 0 spiro atoms. The van der Waals surface area contributed by atoms with E-state index in [1.807, 2.05) is 13.0 Å². The van der Waals surface area contributed by atoms with Crippen LogP contribution in [-0.2, 0) is 34.1 Å². The number of fused-ring (bicyclic) bond motifs is 1. The number of hydrogen-bond donors (Lipinski definition) is 0. The van der Waals surface area contributed by atoms with Gasteiger partial charge in [0.15, 0.2) is 0 Å². The summed E-state index contributed by atoms with van der Waals surface area (Å²) in [7, 11) is -3.77. The zero-order valence-corrected chi connectivity index (χ0v) is 20.9. The lowest BCUT2D eigenvalue weighted by atomic mass is 9.89. The Morgan fingerprint density at radius 2 is 1.74 bits per heavy atom. The summed E-state index contributed by atoms with van der Waals surface area (Å²) in [6.45, 7) is 7.13. The second-order valence-electron chi connectivity index (χ2n) is 8.70. The molecule has 34 heavy (non-hydrogen) atoms. The topological polar surface area (TPSA) is 102 Å². The Morgan fingerprint density at radius 3 is 2.38 bits per heavy atom. The Hall–Kier alpha value is -2.72. The normalized spacial score (nSPS) is 16.9. The molecule has 1 aliphatic heterocycles. The second kappa shape index (κ2) is 9.87. The van der Waals surface area contributed by atoms with Crippen LogP contribution in [0.25, 0.3) is 11.3 Å². The number of carbonyl (C=O) groups excluding carboxylic acids is 1. The van der Waals surface area contributed by atoms with Gasteiger partial charge in [-0.3, -0.25) is 4.79 Å². The van der Waals surface area contributed by atoms with Crippen LogP contribution in [0.1, 0.15) is 43.4 Å². The molecule has 4 rings (SSSR count). The predicted octanol–water partition coefficient (Wildman–Crippen LogP) is 2.58. The van der Waals surface area contributed by atoms with Crippen LogP contribution in [0.3, 0.4) is 0 Å². The molecule has 1 aromatic heterocycles. The predicted molar refractivity (Wildman–Crippen MR) is 128 cm³/mol. The van der Waals surface area contributed by atoms with Gasteiger partial charge in [-0.2, -0.15) is 9.40 Å². The molecule has 2 aromatic rings. The Labute approximate surface area is 200 Å². The van der Waals surface area contributed by atoms with E-state index >= 15 is 0 Å². The third-order valence-corrected chi connectivity index (χ3v) is 8.65. The van der Waals surface area contributed by atoms with Crippen LogP contribution in [0.5, 0.6) is 0 Å². The maximum absolute atomic E-state index is 13.6. The molecule has 1 fully saturated rings. The molecule has 0 saturated carbocycles. The largest absolute Gasteiger partial charge is 0.450 e. The van der Waals surface area contributed by atoms with E-state index in [4.69, 9.17) is 4.74 Å². The molecule has 9 nitrogen and oxygen atoms in total. The molecule has 10 heteroatoms. The minimum atomic E-state index is -3.77. The summed E-state index contributed by atoms with van der Waals surface area (Å²) in [6, 6.07) is 5.37. The number of hydrogen-bond acceptors (Lipinski definition) is 6. The summed E-state index contributed by atoms with van der Waals surface area (Å²) in [4.78, 5) is 26.5. The van der Waals surface area contributed by atoms with Gasteiger partial charge in [0.25, 0.3) is 5.56 Å². The standard InChI is InChI=1S/C24H32N4O5S/c1-4-28-23(29)20-9-7-6-8-19(20)22(25-28)18-11-10-17(3)21(16-18)34(31,32)27-14-12-26(13-15-27)24(30)33-5-2/h10-11,16H,4-9,12-15H2,1-3H3. The maximum Gasteiger partial charge on any atom is 0.409 e. The van der Waals surface area contributed by atoms with Gasteiger partial charge in [0.1, 0.15) is 0 Å². The molecular weight excluding hydrogens is 456 g/mol. The summed E-state index contributed by atoms with van der Waals surface area (Å²) >= 11 is 0. The minimum Gasteiger partial charge on any atom is -0.450 e. The number of aromatic nitrogens is 2. The highest BCUT2D eigenvalue weighted by Crippen LogP contribution is 2.31. The summed E-state index contributed by atoms with van der Waals surface area (Å²) in [5, 5.41) is 4.62. The summed E-state index contributed by atoms with van der Waals surface area (Å²) in [5.41, 5.74) is 3.75. The van der Waals surface area contributed by atoms with Crippen molar-refractivity contribution in [2.24, 2.45) is 0 Å². The number of sulfonamides is 1. The fourth-order valence-corrected chi connectivity index (χ4v) is 6.39. The van der Waals surface area contributed by atoms with Gasteiger partial charge >= 0.3 is 6.09 Å². The van der Waals surface area contributed by atoms with Crippen molar-refractivity contribution in [3.05, 3.63) is 45.2 Å². The molecule has 0 N–H and O–H groups in total. The van der Waals surface area contributed by atoms with Crippen LogP contribution < -0.4 is 5.56 Å². The van der Waals surface area contributed by atoms with Crippen LogP contribution >= 0.6 is 0 Å². The molecule has 0 atom stereocenters. The quantitative estimate of drug-likeness (QED) is 0.641.